The quantitative estimate of drug-likeness (QED) is 0.449. The lowest BCUT2D eigenvalue weighted by Gasteiger charge is -2.09. The minimum atomic E-state index is -0.438. The van der Waals surface area contributed by atoms with Crippen LogP contribution >= 0.6 is 27.7 Å². The van der Waals surface area contributed by atoms with Gasteiger partial charge in [-0.05, 0) is 69.2 Å². The third-order valence-corrected chi connectivity index (χ3v) is 5.75. The van der Waals surface area contributed by atoms with Crippen molar-refractivity contribution < 1.29 is 13.9 Å². The Morgan fingerprint density at radius 3 is 2.60 bits per heavy atom. The molecule has 0 saturated carbocycles. The molecule has 1 fully saturated rings. The smallest absolute Gasteiger partial charge is 0.264 e. The number of carbonyl (C=O) groups is 1. The lowest BCUT2D eigenvalue weighted by Crippen LogP contribution is -2.19. The molecule has 0 unspecified atom stereocenters. The number of halogens is 2. The Hall–Kier alpha value is -2.90. The van der Waals surface area contributed by atoms with Crippen molar-refractivity contribution in [3.05, 3.63) is 99.1 Å². The lowest BCUT2D eigenvalue weighted by atomic mass is 10.2. The Labute approximate surface area is 186 Å². The molecule has 0 radical (unpaired) electrons. The number of para-hydroxylation sites is 1. The normalized spacial score (nSPS) is 16.1. The lowest BCUT2D eigenvalue weighted by molar-refractivity contribution is -0.115. The summed E-state index contributed by atoms with van der Waals surface area (Å²) in [6.07, 6.45) is 1.76. The van der Waals surface area contributed by atoms with E-state index in [1.165, 1.54) is 17.8 Å². The molecule has 1 saturated heterocycles. The Kier molecular flexibility index (Phi) is 6.30. The van der Waals surface area contributed by atoms with Crippen LogP contribution < -0.4 is 10.1 Å². The molecular formula is C23H16BrFN2O2S. The van der Waals surface area contributed by atoms with Crippen molar-refractivity contribution in [3.63, 3.8) is 0 Å². The summed E-state index contributed by atoms with van der Waals surface area (Å²) in [5.74, 6) is 0.00857. The molecule has 0 aliphatic carbocycles. The molecule has 3 aromatic rings. The third-order valence-electron chi connectivity index (χ3n) is 4.22. The summed E-state index contributed by atoms with van der Waals surface area (Å²) in [6, 6.07) is 21.7. The number of benzene rings is 3. The van der Waals surface area contributed by atoms with Crippen molar-refractivity contribution in [2.45, 2.75) is 6.61 Å². The van der Waals surface area contributed by atoms with Crippen LogP contribution in [0.4, 0.5) is 10.1 Å². The summed E-state index contributed by atoms with van der Waals surface area (Å²) in [7, 11) is 0. The van der Waals surface area contributed by atoms with E-state index in [1.54, 1.807) is 24.3 Å². The number of rotatable bonds is 5. The molecule has 1 N–H and O–H groups in total. The van der Waals surface area contributed by atoms with E-state index in [1.807, 2.05) is 48.5 Å². The minimum Gasteiger partial charge on any atom is -0.488 e. The summed E-state index contributed by atoms with van der Waals surface area (Å²) in [6.45, 7) is 0.466. The number of ether oxygens (including phenoxy) is 1. The predicted octanol–water partition coefficient (Wildman–Crippen LogP) is 6.06. The van der Waals surface area contributed by atoms with Gasteiger partial charge in [0.15, 0.2) is 5.17 Å². The molecule has 1 aliphatic heterocycles. The fraction of sp³-hybridized carbons (Fsp3) is 0.0435. The highest BCUT2D eigenvalue weighted by molar-refractivity contribution is 9.10. The third kappa shape index (κ3) is 4.98. The number of nitrogens with one attached hydrogen (secondary N) is 1. The van der Waals surface area contributed by atoms with Gasteiger partial charge in [-0.2, -0.15) is 0 Å². The van der Waals surface area contributed by atoms with Crippen LogP contribution in [0.5, 0.6) is 5.75 Å². The first kappa shape index (κ1) is 20.4. The molecule has 0 atom stereocenters. The maximum absolute atomic E-state index is 13.8. The van der Waals surface area contributed by atoms with Gasteiger partial charge < -0.3 is 10.1 Å². The molecule has 3 aromatic carbocycles. The highest BCUT2D eigenvalue weighted by Gasteiger charge is 2.24. The molecular weight excluding hydrogens is 467 g/mol. The second-order valence-corrected chi connectivity index (χ2v) is 8.28. The van der Waals surface area contributed by atoms with Crippen LogP contribution in [0.1, 0.15) is 11.1 Å². The molecule has 30 heavy (non-hydrogen) atoms. The predicted molar refractivity (Wildman–Crippen MR) is 122 cm³/mol. The Morgan fingerprint density at radius 1 is 1.07 bits per heavy atom. The second kappa shape index (κ2) is 9.28. The van der Waals surface area contributed by atoms with Gasteiger partial charge >= 0.3 is 0 Å². The van der Waals surface area contributed by atoms with Crippen molar-refractivity contribution in [2.75, 3.05) is 0 Å². The van der Waals surface area contributed by atoms with Crippen LogP contribution in [0.15, 0.2) is 87.2 Å². The zero-order valence-corrected chi connectivity index (χ0v) is 18.0. The van der Waals surface area contributed by atoms with E-state index < -0.39 is 5.82 Å². The Bertz CT molecular complexity index is 1150. The van der Waals surface area contributed by atoms with Gasteiger partial charge in [-0.3, -0.25) is 4.79 Å². The fourth-order valence-corrected chi connectivity index (χ4v) is 4.09. The Balaban J connectivity index is 1.47. The Morgan fingerprint density at radius 2 is 1.83 bits per heavy atom. The number of amidine groups is 1. The summed E-state index contributed by atoms with van der Waals surface area (Å²) in [5, 5.41) is 3.01. The molecule has 0 spiro atoms. The SMILES string of the molecule is O=C1NC(=Nc2ccccc2F)S/C1=C\c1ccc(OCc2ccccc2)c(Br)c1. The van der Waals surface area contributed by atoms with E-state index >= 15 is 0 Å². The molecule has 0 bridgehead atoms. The molecule has 1 amide bonds. The van der Waals surface area contributed by atoms with Gasteiger partial charge in [0.05, 0.1) is 9.38 Å². The van der Waals surface area contributed by atoms with E-state index in [4.69, 9.17) is 4.74 Å². The zero-order valence-electron chi connectivity index (χ0n) is 15.6. The average molecular weight is 483 g/mol. The number of amides is 1. The van der Waals surface area contributed by atoms with E-state index in [0.29, 0.717) is 22.4 Å². The largest absolute Gasteiger partial charge is 0.488 e. The first-order chi connectivity index (χ1) is 14.6. The number of nitrogens with zero attached hydrogens (tertiary/aromatic N) is 1. The fourth-order valence-electron chi connectivity index (χ4n) is 2.74. The highest BCUT2D eigenvalue weighted by Crippen LogP contribution is 2.31. The van der Waals surface area contributed by atoms with Crippen LogP contribution in [0.3, 0.4) is 0 Å². The van der Waals surface area contributed by atoms with Crippen molar-refractivity contribution in [1.29, 1.82) is 0 Å². The first-order valence-corrected chi connectivity index (χ1v) is 10.7. The number of thioether (sulfide) groups is 1. The van der Waals surface area contributed by atoms with Gasteiger partial charge in [0.25, 0.3) is 5.91 Å². The van der Waals surface area contributed by atoms with Crippen molar-refractivity contribution in [1.82, 2.24) is 5.32 Å². The van der Waals surface area contributed by atoms with E-state index in [9.17, 15) is 9.18 Å². The van der Waals surface area contributed by atoms with E-state index in [2.05, 4.69) is 26.2 Å². The highest BCUT2D eigenvalue weighted by atomic mass is 79.9. The maximum atomic E-state index is 13.8. The molecule has 7 heteroatoms. The van der Waals surface area contributed by atoms with Crippen molar-refractivity contribution in [3.8, 4) is 5.75 Å². The van der Waals surface area contributed by atoms with Crippen LogP contribution in [-0.4, -0.2) is 11.1 Å². The summed E-state index contributed by atoms with van der Waals surface area (Å²) >= 11 is 4.69. The topological polar surface area (TPSA) is 50.7 Å². The number of hydrogen-bond acceptors (Lipinski definition) is 4. The van der Waals surface area contributed by atoms with Gasteiger partial charge in [0, 0.05) is 0 Å². The maximum Gasteiger partial charge on any atom is 0.264 e. The monoisotopic (exact) mass is 482 g/mol. The van der Waals surface area contributed by atoms with E-state index in [0.717, 1.165) is 15.6 Å². The van der Waals surface area contributed by atoms with Gasteiger partial charge in [-0.1, -0.05) is 48.5 Å². The van der Waals surface area contributed by atoms with Gasteiger partial charge in [-0.15, -0.1) is 0 Å². The number of carbonyl (C=O) groups excluding carboxylic acids is 1. The first-order valence-electron chi connectivity index (χ1n) is 9.09. The molecule has 150 valence electrons. The molecule has 0 aromatic heterocycles. The molecule has 1 aliphatic rings. The van der Waals surface area contributed by atoms with Crippen molar-refractivity contribution >= 4 is 50.5 Å². The zero-order chi connectivity index (χ0) is 20.9. The average Bonchev–Trinajstić information content (AvgIpc) is 3.08. The second-order valence-electron chi connectivity index (χ2n) is 6.40. The standard InChI is InChI=1S/C23H16BrFN2O2S/c24-17-12-16(10-11-20(17)29-14-15-6-2-1-3-7-15)13-21-22(28)27-23(30-21)26-19-9-5-4-8-18(19)25/h1-13H,14H2,(H,26,27,28)/b21-13-. The summed E-state index contributed by atoms with van der Waals surface area (Å²) in [5.41, 5.74) is 2.10. The number of hydrogen-bond donors (Lipinski definition) is 1. The number of aliphatic imine (C=N–C) groups is 1. The molecule has 4 rings (SSSR count). The molecule has 4 nitrogen and oxygen atoms in total. The van der Waals surface area contributed by atoms with Crippen molar-refractivity contribution in [2.24, 2.45) is 4.99 Å². The van der Waals surface area contributed by atoms with E-state index in [-0.39, 0.29) is 11.6 Å². The van der Waals surface area contributed by atoms with Crippen LogP contribution in [0.2, 0.25) is 0 Å². The van der Waals surface area contributed by atoms with Crippen LogP contribution in [0.25, 0.3) is 6.08 Å². The summed E-state index contributed by atoms with van der Waals surface area (Å²) < 4.78 is 20.4. The molecule has 1 heterocycles. The minimum absolute atomic E-state index is 0.184. The van der Waals surface area contributed by atoms with Crippen LogP contribution in [0, 0.1) is 5.82 Å². The van der Waals surface area contributed by atoms with Gasteiger partial charge in [0.2, 0.25) is 0 Å². The van der Waals surface area contributed by atoms with Gasteiger partial charge in [-0.25, -0.2) is 9.38 Å². The summed E-state index contributed by atoms with van der Waals surface area (Å²) in [4.78, 5) is 16.9. The van der Waals surface area contributed by atoms with Gasteiger partial charge in [0.1, 0.15) is 23.9 Å². The van der Waals surface area contributed by atoms with Crippen LogP contribution in [-0.2, 0) is 11.4 Å².